The van der Waals surface area contributed by atoms with Crippen molar-refractivity contribution in [3.8, 4) is 0 Å². The zero-order valence-electron chi connectivity index (χ0n) is 9.40. The van der Waals surface area contributed by atoms with Crippen molar-refractivity contribution in [2.75, 3.05) is 20.3 Å². The van der Waals surface area contributed by atoms with Gasteiger partial charge < -0.3 is 15.0 Å². The number of aromatic nitrogens is 2. The first-order valence-electron chi connectivity index (χ1n) is 5.30. The number of nitrogens with two attached hydrogens (primary N) is 1. The summed E-state index contributed by atoms with van der Waals surface area (Å²) in [5.74, 6) is 1.82. The van der Waals surface area contributed by atoms with Gasteiger partial charge in [0.2, 0.25) is 5.89 Å². The predicted molar refractivity (Wildman–Crippen MR) is 56.4 cm³/mol. The minimum absolute atomic E-state index is 0.431. The lowest BCUT2D eigenvalue weighted by Gasteiger charge is -2.07. The molecular weight excluding hydrogens is 194 g/mol. The molecule has 0 spiro atoms. The Labute approximate surface area is 90.0 Å². The summed E-state index contributed by atoms with van der Waals surface area (Å²) in [6.07, 6.45) is 2.50. The Morgan fingerprint density at radius 1 is 1.53 bits per heavy atom. The fraction of sp³-hybridized carbons (Fsp3) is 0.800. The van der Waals surface area contributed by atoms with E-state index in [1.165, 1.54) is 0 Å². The first-order valence-corrected chi connectivity index (χ1v) is 5.30. The monoisotopic (exact) mass is 213 g/mol. The number of methoxy groups -OCH3 is 1. The zero-order chi connectivity index (χ0) is 11.1. The molecule has 1 aromatic heterocycles. The van der Waals surface area contributed by atoms with Gasteiger partial charge in [-0.3, -0.25) is 0 Å². The van der Waals surface area contributed by atoms with Crippen LogP contribution in [0.4, 0.5) is 0 Å². The third kappa shape index (κ3) is 3.97. The summed E-state index contributed by atoms with van der Waals surface area (Å²) < 4.78 is 10.1. The molecular formula is C10H19N3O2. The maximum Gasteiger partial charge on any atom is 0.226 e. The Hall–Kier alpha value is -0.940. The summed E-state index contributed by atoms with van der Waals surface area (Å²) in [5.41, 5.74) is 5.61. The number of ether oxygens (including phenoxy) is 1. The van der Waals surface area contributed by atoms with E-state index in [2.05, 4.69) is 17.1 Å². The standard InChI is InChI=1S/C10H19N3O2/c1-3-8(7-11)6-10-12-9(13-15-10)4-5-14-2/h8H,3-7,11H2,1-2H3. The smallest absolute Gasteiger partial charge is 0.226 e. The first kappa shape index (κ1) is 12.1. The molecule has 5 nitrogen and oxygen atoms in total. The molecule has 0 aliphatic rings. The lowest BCUT2D eigenvalue weighted by Crippen LogP contribution is -2.16. The van der Waals surface area contributed by atoms with Crippen molar-refractivity contribution < 1.29 is 9.26 Å². The molecule has 0 saturated heterocycles. The molecule has 1 aromatic rings. The van der Waals surface area contributed by atoms with Crippen LogP contribution in [0.15, 0.2) is 4.52 Å². The largest absolute Gasteiger partial charge is 0.384 e. The molecule has 1 rings (SSSR count). The van der Waals surface area contributed by atoms with Gasteiger partial charge in [-0.2, -0.15) is 4.98 Å². The van der Waals surface area contributed by atoms with Crippen LogP contribution in [0.5, 0.6) is 0 Å². The fourth-order valence-electron chi connectivity index (χ4n) is 1.31. The molecule has 1 heterocycles. The summed E-state index contributed by atoms with van der Waals surface area (Å²) >= 11 is 0. The number of nitrogens with zero attached hydrogens (tertiary/aromatic N) is 2. The van der Waals surface area contributed by atoms with E-state index in [-0.39, 0.29) is 0 Å². The van der Waals surface area contributed by atoms with Crippen LogP contribution in [0.2, 0.25) is 0 Å². The number of hydrogen-bond acceptors (Lipinski definition) is 5. The molecule has 5 heteroatoms. The second kappa shape index (κ2) is 6.53. The Balaban J connectivity index is 2.44. The van der Waals surface area contributed by atoms with E-state index >= 15 is 0 Å². The van der Waals surface area contributed by atoms with E-state index in [1.54, 1.807) is 7.11 Å². The van der Waals surface area contributed by atoms with Crippen LogP contribution in [-0.2, 0) is 17.6 Å². The fourth-order valence-corrected chi connectivity index (χ4v) is 1.31. The molecule has 2 N–H and O–H groups in total. The van der Waals surface area contributed by atoms with E-state index in [1.807, 2.05) is 0 Å². The van der Waals surface area contributed by atoms with Crippen LogP contribution in [-0.4, -0.2) is 30.4 Å². The minimum atomic E-state index is 0.431. The van der Waals surface area contributed by atoms with Gasteiger partial charge in [-0.05, 0) is 12.5 Å². The molecule has 0 radical (unpaired) electrons. The van der Waals surface area contributed by atoms with E-state index in [0.29, 0.717) is 37.2 Å². The average molecular weight is 213 g/mol. The summed E-state index contributed by atoms with van der Waals surface area (Å²) in [4.78, 5) is 4.27. The van der Waals surface area contributed by atoms with Crippen LogP contribution in [0, 0.1) is 5.92 Å². The molecule has 0 aromatic carbocycles. The van der Waals surface area contributed by atoms with Gasteiger partial charge in [0.15, 0.2) is 5.82 Å². The summed E-state index contributed by atoms with van der Waals surface area (Å²) in [6, 6.07) is 0. The molecule has 0 saturated carbocycles. The van der Waals surface area contributed by atoms with Gasteiger partial charge >= 0.3 is 0 Å². The summed E-state index contributed by atoms with van der Waals surface area (Å²) in [6.45, 7) is 3.39. The maximum atomic E-state index is 5.61. The molecule has 15 heavy (non-hydrogen) atoms. The average Bonchev–Trinajstić information content (AvgIpc) is 2.70. The molecule has 0 aliphatic carbocycles. The third-order valence-corrected chi connectivity index (χ3v) is 2.41. The summed E-state index contributed by atoms with van der Waals surface area (Å²) in [5, 5.41) is 3.87. The second-order valence-electron chi connectivity index (χ2n) is 3.56. The maximum absolute atomic E-state index is 5.61. The number of hydrogen-bond donors (Lipinski definition) is 1. The topological polar surface area (TPSA) is 74.2 Å². The van der Waals surface area contributed by atoms with Crippen molar-refractivity contribution in [2.24, 2.45) is 11.7 Å². The quantitative estimate of drug-likeness (QED) is 0.724. The van der Waals surface area contributed by atoms with E-state index in [4.69, 9.17) is 15.0 Å². The highest BCUT2D eigenvalue weighted by Crippen LogP contribution is 2.09. The van der Waals surface area contributed by atoms with Gasteiger partial charge in [-0.25, -0.2) is 0 Å². The minimum Gasteiger partial charge on any atom is -0.384 e. The molecule has 0 amide bonds. The highest BCUT2D eigenvalue weighted by molar-refractivity contribution is 4.88. The highest BCUT2D eigenvalue weighted by atomic mass is 16.5. The molecule has 0 fully saturated rings. The molecule has 1 atom stereocenters. The van der Waals surface area contributed by atoms with Gasteiger partial charge in [-0.15, -0.1) is 0 Å². The van der Waals surface area contributed by atoms with Crippen LogP contribution < -0.4 is 5.73 Å². The van der Waals surface area contributed by atoms with Crippen molar-refractivity contribution in [1.82, 2.24) is 10.1 Å². The summed E-state index contributed by atoms with van der Waals surface area (Å²) in [7, 11) is 1.66. The number of rotatable bonds is 7. The lowest BCUT2D eigenvalue weighted by atomic mass is 10.0. The van der Waals surface area contributed by atoms with Crippen LogP contribution in [0.25, 0.3) is 0 Å². The Morgan fingerprint density at radius 2 is 2.33 bits per heavy atom. The lowest BCUT2D eigenvalue weighted by molar-refractivity contribution is 0.199. The van der Waals surface area contributed by atoms with Gasteiger partial charge in [0.1, 0.15) is 0 Å². The van der Waals surface area contributed by atoms with Gasteiger partial charge in [0.25, 0.3) is 0 Å². The van der Waals surface area contributed by atoms with Crippen LogP contribution >= 0.6 is 0 Å². The van der Waals surface area contributed by atoms with E-state index in [9.17, 15) is 0 Å². The molecule has 0 aliphatic heterocycles. The van der Waals surface area contributed by atoms with Crippen LogP contribution in [0.1, 0.15) is 25.1 Å². The van der Waals surface area contributed by atoms with Crippen molar-refractivity contribution >= 4 is 0 Å². The Morgan fingerprint density at radius 3 is 2.93 bits per heavy atom. The van der Waals surface area contributed by atoms with E-state index < -0.39 is 0 Å². The Kier molecular flexibility index (Phi) is 5.28. The zero-order valence-corrected chi connectivity index (χ0v) is 9.40. The van der Waals surface area contributed by atoms with Gasteiger partial charge in [0.05, 0.1) is 6.61 Å². The van der Waals surface area contributed by atoms with E-state index in [0.717, 1.165) is 12.8 Å². The third-order valence-electron chi connectivity index (χ3n) is 2.41. The van der Waals surface area contributed by atoms with Crippen LogP contribution in [0.3, 0.4) is 0 Å². The Bertz CT molecular complexity index is 271. The second-order valence-corrected chi connectivity index (χ2v) is 3.56. The molecule has 86 valence electrons. The first-order chi connectivity index (χ1) is 7.30. The van der Waals surface area contributed by atoms with Crippen molar-refractivity contribution in [3.05, 3.63) is 11.7 Å². The highest BCUT2D eigenvalue weighted by Gasteiger charge is 2.11. The van der Waals surface area contributed by atoms with Gasteiger partial charge in [-0.1, -0.05) is 18.5 Å². The molecule has 0 bridgehead atoms. The predicted octanol–water partition coefficient (Wildman–Crippen LogP) is 0.786. The normalized spacial score (nSPS) is 13.0. The van der Waals surface area contributed by atoms with Crippen molar-refractivity contribution in [2.45, 2.75) is 26.2 Å². The van der Waals surface area contributed by atoms with Crippen molar-refractivity contribution in [1.29, 1.82) is 0 Å². The van der Waals surface area contributed by atoms with Crippen molar-refractivity contribution in [3.63, 3.8) is 0 Å². The molecule has 1 unspecified atom stereocenters. The van der Waals surface area contributed by atoms with Gasteiger partial charge in [0, 0.05) is 20.0 Å². The SMILES string of the molecule is CCC(CN)Cc1nc(CCOC)no1.